The summed E-state index contributed by atoms with van der Waals surface area (Å²) in [6.07, 6.45) is 37.0. The first-order valence-electron chi connectivity index (χ1n) is 41.6. The van der Waals surface area contributed by atoms with Crippen LogP contribution in [0.1, 0.15) is 187 Å². The Bertz CT molecular complexity index is 6120. The Labute approximate surface area is 653 Å². The number of hydrogen-bond acceptors (Lipinski definition) is 8. The molecular formula is C103H98N8. The van der Waals surface area contributed by atoms with Crippen molar-refractivity contribution < 1.29 is 0 Å². The summed E-state index contributed by atoms with van der Waals surface area (Å²) < 4.78 is 0. The average molecular weight is 1450 g/mol. The quantitative estimate of drug-likeness (QED) is 0.0998. The van der Waals surface area contributed by atoms with Gasteiger partial charge in [0.1, 0.15) is 0 Å². The van der Waals surface area contributed by atoms with Gasteiger partial charge in [-0.1, -0.05) is 158 Å². The normalized spacial score (nSPS) is 27.4. The molecule has 0 spiro atoms. The molecule has 0 bridgehead atoms. The molecule has 4 aliphatic carbocycles. The van der Waals surface area contributed by atoms with Crippen molar-refractivity contribution in [3.05, 3.63) is 253 Å². The van der Waals surface area contributed by atoms with E-state index < -0.39 is 0 Å². The molecule has 550 valence electrons. The molecule has 8 aliphatic rings. The van der Waals surface area contributed by atoms with Crippen LogP contribution in [-0.4, -0.2) is 43.8 Å². The topological polar surface area (TPSA) is 64.0 Å². The van der Waals surface area contributed by atoms with E-state index in [1.807, 2.05) is 43.4 Å². The first-order chi connectivity index (χ1) is 53.9. The Morgan fingerprint density at radius 1 is 0.324 bits per heavy atom. The second kappa shape index (κ2) is 23.4. The van der Waals surface area contributed by atoms with E-state index in [0.29, 0.717) is 0 Å². The number of rotatable bonds is 10. The molecule has 111 heavy (non-hydrogen) atoms. The monoisotopic (exact) mass is 1450 g/mol. The van der Waals surface area contributed by atoms with Crippen LogP contribution in [-0.2, 0) is 21.7 Å². The smallest absolute Gasteiger partial charge is 0.0517 e. The van der Waals surface area contributed by atoms with Gasteiger partial charge in [0.05, 0.1) is 22.2 Å². The third-order valence-electron chi connectivity index (χ3n) is 32.0. The van der Waals surface area contributed by atoms with Crippen LogP contribution in [0.3, 0.4) is 0 Å². The Balaban J connectivity index is 0.779. The zero-order valence-electron chi connectivity index (χ0n) is 66.0. The van der Waals surface area contributed by atoms with Crippen molar-refractivity contribution in [2.24, 2.45) is 4.99 Å². The maximum atomic E-state index is 4.52. The number of benzene rings is 9. The number of allylic oxidation sites excluding steroid dienone is 2. The predicted molar refractivity (Wildman–Crippen MR) is 467 cm³/mol. The molecule has 0 saturated heterocycles. The number of anilines is 7. The van der Waals surface area contributed by atoms with E-state index in [2.05, 4.69) is 291 Å². The van der Waals surface area contributed by atoms with Gasteiger partial charge in [-0.3, -0.25) is 19.9 Å². The van der Waals surface area contributed by atoms with E-state index >= 15 is 0 Å². The fraction of sp³-hybridized carbons (Fsp3) is 0.320. The van der Waals surface area contributed by atoms with E-state index in [1.54, 1.807) is 0 Å². The first-order valence-corrected chi connectivity index (χ1v) is 41.6. The second-order valence-electron chi connectivity index (χ2n) is 36.4. The highest BCUT2D eigenvalue weighted by Crippen LogP contribution is 2.67. The molecule has 22 rings (SSSR count). The summed E-state index contributed by atoms with van der Waals surface area (Å²) in [6, 6.07) is 68.9. The Hall–Kier alpha value is -10.7. The minimum Gasteiger partial charge on any atom is -0.335 e. The average Bonchev–Trinajstić information content (AvgIpc) is 1.55. The standard InChI is InChI=1S/C103H98N8/c1-11-68(36-51-104-10)108-88-32-20-64(58-84(88)96(2)43-12-16-47-100(96,108)6)72-24-28-76-80-62-82-78-30-26-74(66-22-34-90-86(60-66)98(4)45-14-18-49-102(98,8)110(90)70-39-54-106-55-40-70)93-75(67-23-35-91-87(61-67)99(5)46-15-19-50-103(99,9)111(91)71-41-56-107-57-42-71)27-31-79(95(78)93)83(82)63-81(80)77-29-25-73(92(72)94(76)77)65-21-33-89-85(59-65)97(3)44-13-17-48-101(97,7)109(89)69-37-52-105-53-38-69/h11,20-42,51-63H,10,12-19,43-50H2,1-9H3/b51-36-,68-11+. The second-order valence-corrected chi connectivity index (χ2v) is 36.4. The molecule has 7 heterocycles. The lowest BCUT2D eigenvalue weighted by Crippen LogP contribution is -2.55. The molecule has 0 N–H and O–H groups in total. The number of hydrogen-bond donors (Lipinski definition) is 0. The molecule has 11 aromatic carbocycles. The molecular weight excluding hydrogens is 1350 g/mol. The molecule has 0 radical (unpaired) electrons. The molecule has 3 aromatic heterocycles. The van der Waals surface area contributed by atoms with Crippen LogP contribution in [0.25, 0.3) is 109 Å². The lowest BCUT2D eigenvalue weighted by Gasteiger charge is -2.50. The summed E-state index contributed by atoms with van der Waals surface area (Å²) >= 11 is 0. The molecule has 4 saturated carbocycles. The maximum Gasteiger partial charge on any atom is 0.0517 e. The summed E-state index contributed by atoms with van der Waals surface area (Å²) in [5.41, 5.74) is 25.6. The Morgan fingerprint density at radius 3 is 0.928 bits per heavy atom. The lowest BCUT2D eigenvalue weighted by atomic mass is 9.61. The van der Waals surface area contributed by atoms with Crippen LogP contribution < -0.4 is 19.6 Å². The van der Waals surface area contributed by atoms with Gasteiger partial charge in [0, 0.05) is 111 Å². The van der Waals surface area contributed by atoms with Gasteiger partial charge >= 0.3 is 0 Å². The maximum absolute atomic E-state index is 4.52. The van der Waals surface area contributed by atoms with Crippen LogP contribution in [0.15, 0.2) is 236 Å². The van der Waals surface area contributed by atoms with Crippen LogP contribution in [0.2, 0.25) is 0 Å². The van der Waals surface area contributed by atoms with Crippen molar-refractivity contribution >= 4 is 111 Å². The van der Waals surface area contributed by atoms with Crippen LogP contribution >= 0.6 is 0 Å². The number of fused-ring (bicyclic) bond motifs is 18. The highest BCUT2D eigenvalue weighted by atomic mass is 15.3. The van der Waals surface area contributed by atoms with E-state index in [4.69, 9.17) is 0 Å². The van der Waals surface area contributed by atoms with Gasteiger partial charge in [0.2, 0.25) is 0 Å². The van der Waals surface area contributed by atoms with E-state index in [0.717, 1.165) is 51.4 Å². The minimum absolute atomic E-state index is 0.0620. The van der Waals surface area contributed by atoms with Crippen molar-refractivity contribution in [3.8, 4) is 44.5 Å². The summed E-state index contributed by atoms with van der Waals surface area (Å²) in [5.74, 6) is 0. The predicted octanol–water partition coefficient (Wildman–Crippen LogP) is 27.1. The lowest BCUT2D eigenvalue weighted by molar-refractivity contribution is 0.192. The SMILES string of the molecule is C=N/C=C\C(=C/C)N1c2ccc(-c3ccc4c5cc6c(cc5c5ccc(-c7ccc8c(c7)C7(C)CCCCC7(C)N8c7ccncc7)c3c45)c3ccc(-c4ccc5c(c4)C4(C)CCCCC4(C)N5c4ccncc4)c4c(-c5ccc7c(c5)C5(C)CCCCC5(C)N7c5ccncc5)ccc6c43)cc2C2(C)CCCCC12C. The van der Waals surface area contributed by atoms with Crippen molar-refractivity contribution in [1.82, 2.24) is 15.0 Å². The number of aliphatic imine (C=N–C) groups is 1. The Morgan fingerprint density at radius 2 is 0.613 bits per heavy atom. The fourth-order valence-electron chi connectivity index (χ4n) is 25.5. The van der Waals surface area contributed by atoms with E-state index in [9.17, 15) is 0 Å². The van der Waals surface area contributed by atoms with Gasteiger partial charge in [-0.25, -0.2) is 0 Å². The zero-order chi connectivity index (χ0) is 75.1. The Kier molecular flexibility index (Phi) is 14.2. The van der Waals surface area contributed by atoms with Crippen molar-refractivity contribution in [2.45, 2.75) is 209 Å². The fourth-order valence-corrected chi connectivity index (χ4v) is 25.5. The largest absolute Gasteiger partial charge is 0.335 e. The summed E-state index contributed by atoms with van der Waals surface area (Å²) in [7, 11) is 0. The van der Waals surface area contributed by atoms with Gasteiger partial charge in [0.25, 0.3) is 0 Å². The first kappa shape index (κ1) is 67.2. The van der Waals surface area contributed by atoms with E-state index in [1.165, 1.54) is 228 Å². The highest BCUT2D eigenvalue weighted by molar-refractivity contribution is 6.40. The third-order valence-corrected chi connectivity index (χ3v) is 32.0. The number of pyridine rings is 3. The molecule has 4 aliphatic heterocycles. The van der Waals surface area contributed by atoms with Gasteiger partial charge < -0.3 is 19.6 Å². The van der Waals surface area contributed by atoms with Gasteiger partial charge in [-0.15, -0.1) is 0 Å². The highest BCUT2D eigenvalue weighted by Gasteiger charge is 2.62. The van der Waals surface area contributed by atoms with Gasteiger partial charge in [-0.05, 0) is 327 Å². The van der Waals surface area contributed by atoms with E-state index in [-0.39, 0.29) is 43.8 Å². The van der Waals surface area contributed by atoms with Crippen molar-refractivity contribution in [2.75, 3.05) is 19.6 Å². The third kappa shape index (κ3) is 8.57. The van der Waals surface area contributed by atoms with Gasteiger partial charge in [-0.2, -0.15) is 0 Å². The molecule has 14 aromatic rings. The van der Waals surface area contributed by atoms with Crippen molar-refractivity contribution in [3.63, 3.8) is 0 Å². The summed E-state index contributed by atoms with van der Waals surface area (Å²) in [5, 5.41) is 15.9. The molecule has 8 atom stereocenters. The van der Waals surface area contributed by atoms with Gasteiger partial charge in [0.15, 0.2) is 0 Å². The molecule has 8 nitrogen and oxygen atoms in total. The molecule has 0 amide bonds. The van der Waals surface area contributed by atoms with Crippen LogP contribution in [0, 0.1) is 0 Å². The summed E-state index contributed by atoms with van der Waals surface area (Å²) in [4.78, 5) is 28.5. The zero-order valence-corrected chi connectivity index (χ0v) is 66.0. The summed E-state index contributed by atoms with van der Waals surface area (Å²) in [6.45, 7) is 26.5. The molecule has 4 fully saturated rings. The molecule has 8 unspecified atom stereocenters. The number of aromatic nitrogens is 3. The minimum atomic E-state index is -0.124. The van der Waals surface area contributed by atoms with Crippen LogP contribution in [0.4, 0.5) is 39.8 Å². The number of nitrogens with zero attached hydrogens (tertiary/aromatic N) is 8. The van der Waals surface area contributed by atoms with Crippen LogP contribution in [0.5, 0.6) is 0 Å². The van der Waals surface area contributed by atoms with Crippen molar-refractivity contribution in [1.29, 1.82) is 0 Å². The molecule has 8 heteroatoms.